The molecule has 20 heavy (non-hydrogen) atoms. The van der Waals surface area contributed by atoms with Gasteiger partial charge in [-0.2, -0.15) is 0 Å². The summed E-state index contributed by atoms with van der Waals surface area (Å²) >= 11 is 0. The predicted octanol–water partition coefficient (Wildman–Crippen LogP) is 1.43. The average Bonchev–Trinajstić information content (AvgIpc) is 2.46. The van der Waals surface area contributed by atoms with Crippen LogP contribution in [0.25, 0.3) is 0 Å². The number of rotatable bonds is 11. The summed E-state index contributed by atoms with van der Waals surface area (Å²) in [5.74, 6) is 0.0642. The molecule has 5 nitrogen and oxygen atoms in total. The number of aliphatic hydroxyl groups is 1. The molecule has 0 saturated carbocycles. The van der Waals surface area contributed by atoms with E-state index in [1.54, 1.807) is 19.1 Å². The summed E-state index contributed by atoms with van der Waals surface area (Å²) in [4.78, 5) is 11.1. The minimum Gasteiger partial charge on any atom is -0.394 e. The van der Waals surface area contributed by atoms with Crippen LogP contribution in [-0.4, -0.2) is 50.5 Å². The molecule has 0 radical (unpaired) electrons. The fourth-order valence-electron chi connectivity index (χ4n) is 1.53. The standard InChI is InChI=1S/C15H22O5/c1-13(17)15-4-2-14(3-5-15)12-20-11-10-19-9-8-18-7-6-16/h2-5,16H,6-12H2,1H3. The molecule has 0 spiro atoms. The van der Waals surface area contributed by atoms with Gasteiger partial charge in [-0.1, -0.05) is 24.3 Å². The first-order chi connectivity index (χ1) is 9.74. The van der Waals surface area contributed by atoms with Crippen molar-refractivity contribution < 1.29 is 24.1 Å². The Labute approximate surface area is 119 Å². The van der Waals surface area contributed by atoms with Gasteiger partial charge in [-0.15, -0.1) is 0 Å². The van der Waals surface area contributed by atoms with Gasteiger partial charge in [0.1, 0.15) is 0 Å². The average molecular weight is 282 g/mol. The van der Waals surface area contributed by atoms with Crippen LogP contribution in [0.2, 0.25) is 0 Å². The zero-order valence-electron chi connectivity index (χ0n) is 11.8. The van der Waals surface area contributed by atoms with Crippen molar-refractivity contribution in [3.8, 4) is 0 Å². The van der Waals surface area contributed by atoms with E-state index in [9.17, 15) is 4.79 Å². The number of Topliss-reactive ketones (excluding diaryl/α,β-unsaturated/α-hetero) is 1. The molecule has 0 saturated heterocycles. The fourth-order valence-corrected chi connectivity index (χ4v) is 1.53. The van der Waals surface area contributed by atoms with Gasteiger partial charge in [0.05, 0.1) is 46.2 Å². The molecule has 1 rings (SSSR count). The molecule has 0 aromatic heterocycles. The third-order valence-electron chi connectivity index (χ3n) is 2.61. The van der Waals surface area contributed by atoms with Gasteiger partial charge >= 0.3 is 0 Å². The molecule has 1 N–H and O–H groups in total. The van der Waals surface area contributed by atoms with E-state index in [1.807, 2.05) is 12.1 Å². The largest absolute Gasteiger partial charge is 0.394 e. The number of hydrogen-bond donors (Lipinski definition) is 1. The molecule has 0 fully saturated rings. The molecular formula is C15H22O5. The Morgan fingerprint density at radius 3 is 2.05 bits per heavy atom. The van der Waals surface area contributed by atoms with E-state index < -0.39 is 0 Å². The highest BCUT2D eigenvalue weighted by Crippen LogP contribution is 2.06. The Hall–Kier alpha value is -1.27. The number of hydrogen-bond acceptors (Lipinski definition) is 5. The number of benzene rings is 1. The maximum atomic E-state index is 11.1. The Morgan fingerprint density at radius 1 is 0.950 bits per heavy atom. The lowest BCUT2D eigenvalue weighted by molar-refractivity contribution is 0.00450. The van der Waals surface area contributed by atoms with Crippen molar-refractivity contribution in [3.05, 3.63) is 35.4 Å². The SMILES string of the molecule is CC(=O)c1ccc(COCCOCCOCCO)cc1. The summed E-state index contributed by atoms with van der Waals surface area (Å²) in [5.41, 5.74) is 1.74. The second-order valence-electron chi connectivity index (χ2n) is 4.25. The summed E-state index contributed by atoms with van der Waals surface area (Å²) in [6.07, 6.45) is 0. The summed E-state index contributed by atoms with van der Waals surface area (Å²) < 4.78 is 15.8. The molecule has 0 aliphatic rings. The van der Waals surface area contributed by atoms with Crippen molar-refractivity contribution in [2.75, 3.05) is 39.6 Å². The number of aliphatic hydroxyl groups excluding tert-OH is 1. The van der Waals surface area contributed by atoms with Crippen LogP contribution in [0.3, 0.4) is 0 Å². The zero-order chi connectivity index (χ0) is 14.6. The molecule has 112 valence electrons. The summed E-state index contributed by atoms with van der Waals surface area (Å²) in [6.45, 7) is 4.42. The molecule has 0 aliphatic heterocycles. The van der Waals surface area contributed by atoms with Crippen molar-refractivity contribution in [3.63, 3.8) is 0 Å². The van der Waals surface area contributed by atoms with Crippen LogP contribution in [0.15, 0.2) is 24.3 Å². The van der Waals surface area contributed by atoms with Gasteiger partial charge in [0.15, 0.2) is 5.78 Å². The lowest BCUT2D eigenvalue weighted by Crippen LogP contribution is -2.10. The Kier molecular flexibility index (Phi) is 8.82. The smallest absolute Gasteiger partial charge is 0.159 e. The van der Waals surface area contributed by atoms with E-state index in [0.717, 1.165) is 5.56 Å². The maximum absolute atomic E-state index is 11.1. The molecule has 0 heterocycles. The molecule has 5 heteroatoms. The molecular weight excluding hydrogens is 260 g/mol. The van der Waals surface area contributed by atoms with Gasteiger partial charge in [0, 0.05) is 5.56 Å². The van der Waals surface area contributed by atoms with Gasteiger partial charge < -0.3 is 19.3 Å². The van der Waals surface area contributed by atoms with E-state index in [1.165, 1.54) is 0 Å². The van der Waals surface area contributed by atoms with Crippen LogP contribution in [0.1, 0.15) is 22.8 Å². The van der Waals surface area contributed by atoms with E-state index in [0.29, 0.717) is 45.2 Å². The second kappa shape index (κ2) is 10.5. The summed E-state index contributed by atoms with van der Waals surface area (Å²) in [5, 5.41) is 8.49. The highest BCUT2D eigenvalue weighted by Gasteiger charge is 1.99. The van der Waals surface area contributed by atoms with Crippen LogP contribution in [0.4, 0.5) is 0 Å². The Morgan fingerprint density at radius 2 is 1.50 bits per heavy atom. The minimum atomic E-state index is 0.0333. The molecule has 1 aromatic rings. The molecule has 0 bridgehead atoms. The lowest BCUT2D eigenvalue weighted by Gasteiger charge is -2.06. The first-order valence-corrected chi connectivity index (χ1v) is 6.68. The monoisotopic (exact) mass is 282 g/mol. The topological polar surface area (TPSA) is 65.0 Å². The Bertz CT molecular complexity index is 374. The lowest BCUT2D eigenvalue weighted by atomic mass is 10.1. The Balaban J connectivity index is 2.02. The fraction of sp³-hybridized carbons (Fsp3) is 0.533. The molecule has 0 aliphatic carbocycles. The summed E-state index contributed by atoms with van der Waals surface area (Å²) in [7, 11) is 0. The number of ether oxygens (including phenoxy) is 3. The minimum absolute atomic E-state index is 0.0333. The van der Waals surface area contributed by atoms with Gasteiger partial charge in [-0.3, -0.25) is 4.79 Å². The van der Waals surface area contributed by atoms with Gasteiger partial charge in [0.25, 0.3) is 0 Å². The van der Waals surface area contributed by atoms with Crippen molar-refractivity contribution in [2.24, 2.45) is 0 Å². The van der Waals surface area contributed by atoms with Crippen molar-refractivity contribution in [2.45, 2.75) is 13.5 Å². The van der Waals surface area contributed by atoms with E-state index in [-0.39, 0.29) is 12.4 Å². The van der Waals surface area contributed by atoms with Crippen LogP contribution in [0, 0.1) is 0 Å². The van der Waals surface area contributed by atoms with Crippen LogP contribution in [0.5, 0.6) is 0 Å². The van der Waals surface area contributed by atoms with Crippen LogP contribution < -0.4 is 0 Å². The number of carbonyl (C=O) groups excluding carboxylic acids is 1. The van der Waals surface area contributed by atoms with Crippen molar-refractivity contribution in [1.82, 2.24) is 0 Å². The first-order valence-electron chi connectivity index (χ1n) is 6.68. The van der Waals surface area contributed by atoms with Gasteiger partial charge in [-0.25, -0.2) is 0 Å². The van der Waals surface area contributed by atoms with E-state index in [4.69, 9.17) is 19.3 Å². The quantitative estimate of drug-likeness (QED) is 0.491. The third-order valence-corrected chi connectivity index (χ3v) is 2.61. The van der Waals surface area contributed by atoms with E-state index in [2.05, 4.69) is 0 Å². The number of ketones is 1. The summed E-state index contributed by atoms with van der Waals surface area (Å²) in [6, 6.07) is 7.38. The molecule has 0 unspecified atom stereocenters. The first kappa shape index (κ1) is 16.8. The normalized spacial score (nSPS) is 10.7. The van der Waals surface area contributed by atoms with E-state index >= 15 is 0 Å². The van der Waals surface area contributed by atoms with Crippen LogP contribution >= 0.6 is 0 Å². The predicted molar refractivity (Wildman–Crippen MR) is 74.8 cm³/mol. The third kappa shape index (κ3) is 7.35. The molecule has 1 aromatic carbocycles. The highest BCUT2D eigenvalue weighted by molar-refractivity contribution is 5.93. The number of carbonyl (C=O) groups is 1. The molecule has 0 atom stereocenters. The van der Waals surface area contributed by atoms with Crippen LogP contribution in [-0.2, 0) is 20.8 Å². The van der Waals surface area contributed by atoms with Crippen molar-refractivity contribution in [1.29, 1.82) is 0 Å². The highest BCUT2D eigenvalue weighted by atomic mass is 16.5. The van der Waals surface area contributed by atoms with Gasteiger partial charge in [0.2, 0.25) is 0 Å². The second-order valence-corrected chi connectivity index (χ2v) is 4.25. The molecule has 0 amide bonds. The van der Waals surface area contributed by atoms with Crippen molar-refractivity contribution >= 4 is 5.78 Å². The zero-order valence-corrected chi connectivity index (χ0v) is 11.8. The maximum Gasteiger partial charge on any atom is 0.159 e. The van der Waals surface area contributed by atoms with Gasteiger partial charge in [-0.05, 0) is 12.5 Å².